The maximum absolute atomic E-state index is 4.82. The number of hydrogen-bond acceptors (Lipinski definition) is 4. The van der Waals surface area contributed by atoms with Crippen molar-refractivity contribution in [3.63, 3.8) is 0 Å². The smallest absolute Gasteiger partial charge is 0.137 e. The maximum atomic E-state index is 4.82. The van der Waals surface area contributed by atoms with Gasteiger partial charge in [0, 0.05) is 23.7 Å². The van der Waals surface area contributed by atoms with E-state index < -0.39 is 0 Å². The number of imidazole rings is 1. The average molecular weight is 380 g/mol. The first kappa shape index (κ1) is 18.9. The van der Waals surface area contributed by atoms with Crippen molar-refractivity contribution < 1.29 is 0 Å². The van der Waals surface area contributed by atoms with Gasteiger partial charge in [-0.05, 0) is 49.7 Å². The summed E-state index contributed by atoms with van der Waals surface area (Å²) in [5.74, 6) is 0.792. The zero-order valence-corrected chi connectivity index (χ0v) is 16.2. The summed E-state index contributed by atoms with van der Waals surface area (Å²) in [6.45, 7) is 4.16. The molecule has 138 valence electrons. The lowest BCUT2D eigenvalue weighted by atomic mass is 10.1. The first-order valence-corrected chi connectivity index (χ1v) is 8.86. The number of aromatic nitrogens is 4. The highest BCUT2D eigenvalue weighted by Crippen LogP contribution is 2.26. The minimum absolute atomic E-state index is 0. The Morgan fingerprint density at radius 3 is 2.59 bits per heavy atom. The summed E-state index contributed by atoms with van der Waals surface area (Å²) < 4.78 is 2.17. The Kier molecular flexibility index (Phi) is 5.72. The highest BCUT2D eigenvalue weighted by molar-refractivity contribution is 5.85. The number of rotatable bonds is 5. The Hall–Kier alpha value is -2.92. The monoisotopic (exact) mass is 379 g/mol. The number of nitrogens with zero attached hydrogens (tertiary/aromatic N) is 4. The van der Waals surface area contributed by atoms with E-state index in [0.717, 1.165) is 46.9 Å². The topological polar surface area (TPSA) is 55.1 Å². The molecule has 0 amide bonds. The Labute approximate surface area is 164 Å². The molecule has 4 heterocycles. The third kappa shape index (κ3) is 3.93. The fraction of sp³-hybridized carbons (Fsp3) is 0.190. The third-order valence-electron chi connectivity index (χ3n) is 4.34. The van der Waals surface area contributed by atoms with Crippen molar-refractivity contribution in [1.29, 1.82) is 0 Å². The average Bonchev–Trinajstić information content (AvgIpc) is 3.03. The van der Waals surface area contributed by atoms with Crippen molar-refractivity contribution in [2.75, 3.05) is 5.32 Å². The first-order chi connectivity index (χ1) is 12.7. The van der Waals surface area contributed by atoms with Gasteiger partial charge in [0.15, 0.2) is 0 Å². The van der Waals surface area contributed by atoms with E-state index >= 15 is 0 Å². The lowest BCUT2D eigenvalue weighted by molar-refractivity contribution is 0.870. The maximum Gasteiger partial charge on any atom is 0.137 e. The molecule has 0 bridgehead atoms. The van der Waals surface area contributed by atoms with Crippen LogP contribution in [0.3, 0.4) is 0 Å². The molecular weight excluding hydrogens is 358 g/mol. The molecule has 0 saturated carbocycles. The van der Waals surface area contributed by atoms with Crippen molar-refractivity contribution in [2.24, 2.45) is 0 Å². The zero-order chi connectivity index (χ0) is 17.9. The van der Waals surface area contributed by atoms with Crippen molar-refractivity contribution >= 4 is 29.6 Å². The van der Waals surface area contributed by atoms with E-state index in [9.17, 15) is 0 Å². The van der Waals surface area contributed by atoms with Crippen LogP contribution in [0.25, 0.3) is 16.9 Å². The molecule has 4 aromatic rings. The summed E-state index contributed by atoms with van der Waals surface area (Å²) in [5, 5.41) is 3.28. The van der Waals surface area contributed by atoms with Crippen molar-refractivity contribution in [1.82, 2.24) is 19.4 Å². The van der Waals surface area contributed by atoms with Gasteiger partial charge in [-0.2, -0.15) is 0 Å². The van der Waals surface area contributed by atoms with Crippen LogP contribution in [0.15, 0.2) is 61.1 Å². The molecule has 0 radical (unpaired) electrons. The molecule has 0 unspecified atom stereocenters. The number of aryl methyl sites for hydroxylation is 2. The molecule has 0 aliphatic carbocycles. The zero-order valence-electron chi connectivity index (χ0n) is 15.4. The third-order valence-corrected chi connectivity index (χ3v) is 4.34. The van der Waals surface area contributed by atoms with Crippen LogP contribution in [0.1, 0.15) is 24.7 Å². The quantitative estimate of drug-likeness (QED) is 0.516. The number of pyridine rings is 3. The molecule has 27 heavy (non-hydrogen) atoms. The van der Waals surface area contributed by atoms with Crippen LogP contribution in [-0.4, -0.2) is 19.4 Å². The van der Waals surface area contributed by atoms with Gasteiger partial charge in [-0.3, -0.25) is 4.98 Å². The Bertz CT molecular complexity index is 1020. The van der Waals surface area contributed by atoms with E-state index in [2.05, 4.69) is 38.9 Å². The van der Waals surface area contributed by atoms with Gasteiger partial charge in [0.05, 0.1) is 23.3 Å². The van der Waals surface area contributed by atoms with Gasteiger partial charge in [0.1, 0.15) is 11.5 Å². The van der Waals surface area contributed by atoms with E-state index in [0.29, 0.717) is 0 Å². The summed E-state index contributed by atoms with van der Waals surface area (Å²) >= 11 is 0. The van der Waals surface area contributed by atoms with Gasteiger partial charge in [-0.15, -0.1) is 12.4 Å². The van der Waals surface area contributed by atoms with Gasteiger partial charge >= 0.3 is 0 Å². The molecule has 0 aliphatic heterocycles. The second-order valence-corrected chi connectivity index (χ2v) is 6.33. The summed E-state index contributed by atoms with van der Waals surface area (Å²) in [6.07, 6.45) is 7.82. The Morgan fingerprint density at radius 1 is 1.00 bits per heavy atom. The molecule has 0 atom stereocenters. The molecule has 0 fully saturated rings. The lowest BCUT2D eigenvalue weighted by Crippen LogP contribution is -1.96. The van der Waals surface area contributed by atoms with Gasteiger partial charge in [-0.25, -0.2) is 9.97 Å². The molecule has 1 N–H and O–H groups in total. The SMILES string of the molecule is CCCc1c(-c2ccc(Nc3ccc(C)nc3)nc2)nc2ccccn12.Cl. The largest absolute Gasteiger partial charge is 0.339 e. The molecule has 0 saturated heterocycles. The fourth-order valence-corrected chi connectivity index (χ4v) is 3.05. The number of hydrogen-bond donors (Lipinski definition) is 1. The van der Waals surface area contributed by atoms with E-state index in [-0.39, 0.29) is 12.4 Å². The van der Waals surface area contributed by atoms with Crippen LogP contribution in [0.4, 0.5) is 11.5 Å². The summed E-state index contributed by atoms with van der Waals surface area (Å²) in [4.78, 5) is 13.7. The number of nitrogens with one attached hydrogen (secondary N) is 1. The lowest BCUT2D eigenvalue weighted by Gasteiger charge is -2.07. The van der Waals surface area contributed by atoms with Gasteiger partial charge < -0.3 is 9.72 Å². The van der Waals surface area contributed by atoms with Crippen LogP contribution in [0.5, 0.6) is 0 Å². The van der Waals surface area contributed by atoms with Crippen LogP contribution < -0.4 is 5.32 Å². The van der Waals surface area contributed by atoms with E-state index in [1.54, 1.807) is 0 Å². The highest BCUT2D eigenvalue weighted by Gasteiger charge is 2.13. The molecule has 5 nitrogen and oxygen atoms in total. The molecule has 6 heteroatoms. The highest BCUT2D eigenvalue weighted by atomic mass is 35.5. The molecular formula is C21H22ClN5. The molecule has 4 rings (SSSR count). The summed E-state index contributed by atoms with van der Waals surface area (Å²) in [5.41, 5.74) is 6.16. The van der Waals surface area contributed by atoms with Crippen molar-refractivity contribution in [3.8, 4) is 11.3 Å². The number of fused-ring (bicyclic) bond motifs is 1. The fourth-order valence-electron chi connectivity index (χ4n) is 3.05. The van der Waals surface area contributed by atoms with Crippen molar-refractivity contribution in [3.05, 3.63) is 72.4 Å². The molecule has 0 spiro atoms. The molecule has 0 aliphatic rings. The summed E-state index contributed by atoms with van der Waals surface area (Å²) in [6, 6.07) is 14.1. The summed E-state index contributed by atoms with van der Waals surface area (Å²) in [7, 11) is 0. The number of anilines is 2. The first-order valence-electron chi connectivity index (χ1n) is 8.86. The normalized spacial score (nSPS) is 10.6. The molecule has 0 aromatic carbocycles. The van der Waals surface area contributed by atoms with Gasteiger partial charge in [-0.1, -0.05) is 19.4 Å². The predicted molar refractivity (Wildman–Crippen MR) is 112 cm³/mol. The van der Waals surface area contributed by atoms with Crippen LogP contribution in [0.2, 0.25) is 0 Å². The minimum Gasteiger partial charge on any atom is -0.339 e. The van der Waals surface area contributed by atoms with Gasteiger partial charge in [0.25, 0.3) is 0 Å². The minimum atomic E-state index is 0. The van der Waals surface area contributed by atoms with E-state index in [1.165, 1.54) is 5.69 Å². The van der Waals surface area contributed by atoms with Crippen LogP contribution in [-0.2, 0) is 6.42 Å². The Morgan fingerprint density at radius 2 is 1.89 bits per heavy atom. The predicted octanol–water partition coefficient (Wildman–Crippen LogP) is 5.22. The number of halogens is 1. The second kappa shape index (κ2) is 8.18. The van der Waals surface area contributed by atoms with E-state index in [4.69, 9.17) is 4.98 Å². The van der Waals surface area contributed by atoms with Crippen LogP contribution >= 0.6 is 12.4 Å². The van der Waals surface area contributed by atoms with Gasteiger partial charge in [0.2, 0.25) is 0 Å². The van der Waals surface area contributed by atoms with Crippen molar-refractivity contribution in [2.45, 2.75) is 26.7 Å². The van der Waals surface area contributed by atoms with Crippen LogP contribution in [0, 0.1) is 6.92 Å². The second-order valence-electron chi connectivity index (χ2n) is 6.33. The molecule has 4 aromatic heterocycles. The van der Waals surface area contributed by atoms with E-state index in [1.807, 2.05) is 55.7 Å². The standard InChI is InChI=1S/C21H21N5.ClH/c1-3-6-18-21(25-20-7-4-5-12-26(18)20)16-9-11-19(23-13-16)24-17-10-8-15(2)22-14-17;/h4-5,7-14H,3,6H2,1-2H3,(H,23,24);1H. The Balaban J connectivity index is 0.00000210.